The van der Waals surface area contributed by atoms with Crippen molar-refractivity contribution in [2.45, 2.75) is 33.1 Å². The van der Waals surface area contributed by atoms with Gasteiger partial charge in [0, 0.05) is 38.4 Å². The molecule has 5 nitrogen and oxygen atoms in total. The number of rotatable bonds is 9. The fourth-order valence-corrected chi connectivity index (χ4v) is 4.22. The quantitative estimate of drug-likeness (QED) is 0.692. The third-order valence-corrected chi connectivity index (χ3v) is 6.02. The van der Waals surface area contributed by atoms with E-state index in [1.54, 1.807) is 0 Å². The number of nitrogens with one attached hydrogen (secondary N) is 1. The Morgan fingerprint density at radius 2 is 1.88 bits per heavy atom. The summed E-state index contributed by atoms with van der Waals surface area (Å²) in [7, 11) is -3.05. The summed E-state index contributed by atoms with van der Waals surface area (Å²) in [5.74, 6) is 0.230. The zero-order valence-corrected chi connectivity index (χ0v) is 15.8. The minimum Gasteiger partial charge on any atom is -0.369 e. The van der Waals surface area contributed by atoms with Crippen LogP contribution >= 0.6 is 0 Å². The maximum Gasteiger partial charge on any atom is 0.211 e. The number of benzene rings is 1. The van der Waals surface area contributed by atoms with Crippen molar-refractivity contribution in [2.24, 2.45) is 0 Å². The van der Waals surface area contributed by atoms with Crippen LogP contribution in [0.15, 0.2) is 24.3 Å². The van der Waals surface area contributed by atoms with Crippen LogP contribution in [0.5, 0.6) is 0 Å². The van der Waals surface area contributed by atoms with Crippen molar-refractivity contribution in [3.63, 3.8) is 0 Å². The van der Waals surface area contributed by atoms with Crippen molar-refractivity contribution in [1.29, 1.82) is 0 Å². The van der Waals surface area contributed by atoms with Crippen LogP contribution in [-0.4, -0.2) is 58.3 Å². The number of hydrogen-bond donors (Lipinski definition) is 1. The molecule has 1 aromatic rings. The topological polar surface area (TPSA) is 52.7 Å². The highest BCUT2D eigenvalue weighted by Crippen LogP contribution is 2.17. The number of sulfonamides is 1. The van der Waals surface area contributed by atoms with Crippen molar-refractivity contribution in [3.05, 3.63) is 29.8 Å². The van der Waals surface area contributed by atoms with Crippen molar-refractivity contribution >= 4 is 15.7 Å². The Morgan fingerprint density at radius 3 is 2.54 bits per heavy atom. The highest BCUT2D eigenvalue weighted by atomic mass is 32.2. The van der Waals surface area contributed by atoms with Crippen LogP contribution in [0.1, 0.15) is 31.7 Å². The predicted molar refractivity (Wildman–Crippen MR) is 101 cm³/mol. The van der Waals surface area contributed by atoms with Gasteiger partial charge in [0.2, 0.25) is 10.0 Å². The van der Waals surface area contributed by atoms with Gasteiger partial charge in [0.1, 0.15) is 0 Å². The summed E-state index contributed by atoms with van der Waals surface area (Å²) in [5.41, 5.74) is 2.63. The van der Waals surface area contributed by atoms with Gasteiger partial charge in [-0.15, -0.1) is 0 Å². The SMILES string of the molecule is CCCS(=O)(=O)NCCCCN1CCN(c2cccc(C)c2)CC1. The monoisotopic (exact) mass is 353 g/mol. The summed E-state index contributed by atoms with van der Waals surface area (Å²) in [5, 5.41) is 0. The predicted octanol–water partition coefficient (Wildman–Crippen LogP) is 2.23. The van der Waals surface area contributed by atoms with Gasteiger partial charge in [0.25, 0.3) is 0 Å². The van der Waals surface area contributed by atoms with Gasteiger partial charge in [-0.05, 0) is 50.4 Å². The average molecular weight is 354 g/mol. The van der Waals surface area contributed by atoms with Crippen LogP contribution in [0.2, 0.25) is 0 Å². The molecule has 0 radical (unpaired) electrons. The Bertz CT molecular complexity index is 596. The fourth-order valence-electron chi connectivity index (χ4n) is 3.08. The highest BCUT2D eigenvalue weighted by Gasteiger charge is 2.16. The molecule has 2 rings (SSSR count). The molecular weight excluding hydrogens is 322 g/mol. The Hall–Kier alpha value is -1.11. The zero-order valence-electron chi connectivity index (χ0n) is 15.0. The van der Waals surface area contributed by atoms with E-state index in [0.29, 0.717) is 13.0 Å². The lowest BCUT2D eigenvalue weighted by Gasteiger charge is -2.36. The molecule has 6 heteroatoms. The molecule has 1 aliphatic heterocycles. The van der Waals surface area contributed by atoms with E-state index in [9.17, 15) is 8.42 Å². The van der Waals surface area contributed by atoms with Crippen LogP contribution in [0, 0.1) is 6.92 Å². The summed E-state index contributed by atoms with van der Waals surface area (Å²) >= 11 is 0. The van der Waals surface area contributed by atoms with Crippen molar-refractivity contribution < 1.29 is 8.42 Å². The number of hydrogen-bond acceptors (Lipinski definition) is 4. The Kier molecular flexibility index (Phi) is 7.52. The van der Waals surface area contributed by atoms with Gasteiger partial charge in [-0.2, -0.15) is 0 Å². The second-order valence-corrected chi connectivity index (χ2v) is 8.51. The van der Waals surface area contributed by atoms with E-state index in [2.05, 4.69) is 45.7 Å². The van der Waals surface area contributed by atoms with Crippen LogP contribution in [0.25, 0.3) is 0 Å². The van der Waals surface area contributed by atoms with Gasteiger partial charge in [0.05, 0.1) is 5.75 Å². The first-order chi connectivity index (χ1) is 11.5. The number of unbranched alkanes of at least 4 members (excludes halogenated alkanes) is 1. The minimum absolute atomic E-state index is 0.230. The molecule has 0 unspecified atom stereocenters. The number of piperazine rings is 1. The summed E-state index contributed by atoms with van der Waals surface area (Å²) in [6, 6.07) is 8.69. The Morgan fingerprint density at radius 1 is 1.12 bits per heavy atom. The third-order valence-electron chi connectivity index (χ3n) is 4.44. The lowest BCUT2D eigenvalue weighted by molar-refractivity contribution is 0.253. The van der Waals surface area contributed by atoms with Crippen molar-refractivity contribution in [2.75, 3.05) is 49.9 Å². The van der Waals surface area contributed by atoms with E-state index in [-0.39, 0.29) is 5.75 Å². The number of anilines is 1. The van der Waals surface area contributed by atoms with Gasteiger partial charge in [-0.3, -0.25) is 4.90 Å². The molecule has 24 heavy (non-hydrogen) atoms. The molecule has 0 saturated carbocycles. The zero-order chi connectivity index (χ0) is 17.4. The standard InChI is InChI=1S/C18H31N3O2S/c1-3-15-24(22,23)19-9-4-5-10-20-11-13-21(14-12-20)18-8-6-7-17(2)16-18/h6-8,16,19H,3-5,9-15H2,1-2H3. The minimum atomic E-state index is -3.05. The van der Waals surface area contributed by atoms with Crippen LogP contribution < -0.4 is 9.62 Å². The second-order valence-electron chi connectivity index (χ2n) is 6.59. The molecule has 1 heterocycles. The number of aryl methyl sites for hydroxylation is 1. The molecule has 0 amide bonds. The maximum atomic E-state index is 11.6. The third kappa shape index (κ3) is 6.42. The van der Waals surface area contributed by atoms with E-state index < -0.39 is 10.0 Å². The molecule has 0 aromatic heterocycles. The summed E-state index contributed by atoms with van der Waals surface area (Å²) in [4.78, 5) is 4.93. The molecule has 136 valence electrons. The van der Waals surface area contributed by atoms with Gasteiger partial charge in [-0.1, -0.05) is 19.1 Å². The first kappa shape index (κ1) is 19.2. The summed E-state index contributed by atoms with van der Waals surface area (Å²) < 4.78 is 25.8. The smallest absolute Gasteiger partial charge is 0.211 e. The molecule has 0 atom stereocenters. The molecule has 0 bridgehead atoms. The Balaban J connectivity index is 1.62. The molecule has 1 aliphatic rings. The fraction of sp³-hybridized carbons (Fsp3) is 0.667. The molecule has 1 saturated heterocycles. The molecule has 1 aromatic carbocycles. The normalized spacial score (nSPS) is 16.5. The average Bonchev–Trinajstić information content (AvgIpc) is 2.55. The van der Waals surface area contributed by atoms with E-state index >= 15 is 0 Å². The van der Waals surface area contributed by atoms with E-state index in [0.717, 1.165) is 45.6 Å². The van der Waals surface area contributed by atoms with Crippen LogP contribution in [0.3, 0.4) is 0 Å². The molecule has 1 N–H and O–H groups in total. The van der Waals surface area contributed by atoms with Crippen molar-refractivity contribution in [1.82, 2.24) is 9.62 Å². The molecular formula is C18H31N3O2S. The first-order valence-corrected chi connectivity index (χ1v) is 10.7. The van der Waals surface area contributed by atoms with Crippen LogP contribution in [-0.2, 0) is 10.0 Å². The van der Waals surface area contributed by atoms with Crippen molar-refractivity contribution in [3.8, 4) is 0 Å². The second kappa shape index (κ2) is 9.39. The van der Waals surface area contributed by atoms with Gasteiger partial charge < -0.3 is 4.90 Å². The van der Waals surface area contributed by atoms with Crippen LogP contribution in [0.4, 0.5) is 5.69 Å². The highest BCUT2D eigenvalue weighted by molar-refractivity contribution is 7.89. The lowest BCUT2D eigenvalue weighted by Crippen LogP contribution is -2.46. The molecule has 0 aliphatic carbocycles. The van der Waals surface area contributed by atoms with Gasteiger partial charge in [-0.25, -0.2) is 13.1 Å². The largest absolute Gasteiger partial charge is 0.369 e. The summed E-state index contributed by atoms with van der Waals surface area (Å²) in [6.07, 6.45) is 2.61. The Labute approximate surface area is 147 Å². The first-order valence-electron chi connectivity index (χ1n) is 9.01. The summed E-state index contributed by atoms with van der Waals surface area (Å²) in [6.45, 7) is 9.91. The molecule has 0 spiro atoms. The van der Waals surface area contributed by atoms with E-state index in [1.165, 1.54) is 11.3 Å². The van der Waals surface area contributed by atoms with Gasteiger partial charge >= 0.3 is 0 Å². The number of nitrogens with zero attached hydrogens (tertiary/aromatic N) is 2. The van der Waals surface area contributed by atoms with Gasteiger partial charge in [0.15, 0.2) is 0 Å². The maximum absolute atomic E-state index is 11.6. The lowest BCUT2D eigenvalue weighted by atomic mass is 10.2. The molecule has 1 fully saturated rings. The van der Waals surface area contributed by atoms with E-state index in [1.807, 2.05) is 6.92 Å². The van der Waals surface area contributed by atoms with E-state index in [4.69, 9.17) is 0 Å².